The highest BCUT2D eigenvalue weighted by molar-refractivity contribution is 6.31. The second-order valence-corrected chi connectivity index (χ2v) is 6.75. The molecule has 1 fully saturated rings. The Hall–Kier alpha value is -2.24. The van der Waals surface area contributed by atoms with Crippen molar-refractivity contribution < 1.29 is 14.7 Å². The van der Waals surface area contributed by atoms with E-state index >= 15 is 0 Å². The minimum Gasteiger partial charge on any atom is -0.504 e. The average molecular weight is 375 g/mol. The number of nitrogens with one attached hydrogen (secondary N) is 1. The van der Waals surface area contributed by atoms with Crippen molar-refractivity contribution in [3.8, 4) is 11.5 Å². The van der Waals surface area contributed by atoms with Crippen molar-refractivity contribution in [3.63, 3.8) is 0 Å². The first kappa shape index (κ1) is 18.5. The van der Waals surface area contributed by atoms with Gasteiger partial charge in [-0.15, -0.1) is 0 Å². The smallest absolute Gasteiger partial charge is 0.166 e. The average Bonchev–Trinajstić information content (AvgIpc) is 2.66. The Morgan fingerprint density at radius 1 is 1.19 bits per heavy atom. The lowest BCUT2D eigenvalue weighted by Gasteiger charge is -2.30. The van der Waals surface area contributed by atoms with Gasteiger partial charge in [0.05, 0.1) is 39.0 Å². The number of phenols is 1. The van der Waals surface area contributed by atoms with Crippen LogP contribution in [0.5, 0.6) is 11.5 Å². The standard InChI is InChI=1S/C20H24ClN3O2/c1-2-26-19-9-5-7-16(20(19)25)14-22-24-12-10-23(11-13-24)15-17-6-3-4-8-18(17)21/h3-9,14,25H,2,10-13,15H2,1H3/p+1. The van der Waals surface area contributed by atoms with Crippen LogP contribution in [0.1, 0.15) is 18.1 Å². The third-order valence-corrected chi connectivity index (χ3v) is 4.90. The van der Waals surface area contributed by atoms with Gasteiger partial charge in [0.15, 0.2) is 11.5 Å². The lowest BCUT2D eigenvalue weighted by molar-refractivity contribution is -0.918. The van der Waals surface area contributed by atoms with Crippen LogP contribution in [0.2, 0.25) is 5.02 Å². The summed E-state index contributed by atoms with van der Waals surface area (Å²) in [5.41, 5.74) is 1.86. The van der Waals surface area contributed by atoms with E-state index in [2.05, 4.69) is 11.2 Å². The molecule has 1 heterocycles. The number of hydrazone groups is 1. The lowest BCUT2D eigenvalue weighted by Crippen LogP contribution is -3.13. The zero-order valence-electron chi connectivity index (χ0n) is 15.0. The van der Waals surface area contributed by atoms with E-state index < -0.39 is 0 Å². The predicted octanol–water partition coefficient (Wildman–Crippen LogP) is 2.18. The lowest BCUT2D eigenvalue weighted by atomic mass is 10.2. The van der Waals surface area contributed by atoms with Crippen LogP contribution in [-0.4, -0.2) is 49.1 Å². The van der Waals surface area contributed by atoms with Gasteiger partial charge in [-0.3, -0.25) is 5.01 Å². The topological polar surface area (TPSA) is 49.5 Å². The number of nitrogens with zero attached hydrogens (tertiary/aromatic N) is 2. The quantitative estimate of drug-likeness (QED) is 0.762. The third-order valence-electron chi connectivity index (χ3n) is 4.54. The van der Waals surface area contributed by atoms with Gasteiger partial charge in [0.25, 0.3) is 0 Å². The molecule has 1 saturated heterocycles. The number of hydrogen-bond acceptors (Lipinski definition) is 4. The number of halogens is 1. The molecule has 0 aromatic heterocycles. The molecule has 0 radical (unpaired) electrons. The molecule has 2 aromatic carbocycles. The van der Waals surface area contributed by atoms with E-state index in [1.165, 1.54) is 10.5 Å². The van der Waals surface area contributed by atoms with Crippen molar-refractivity contribution in [1.29, 1.82) is 0 Å². The van der Waals surface area contributed by atoms with Crippen LogP contribution in [0.4, 0.5) is 0 Å². The highest BCUT2D eigenvalue weighted by Crippen LogP contribution is 2.28. The highest BCUT2D eigenvalue weighted by Gasteiger charge is 2.19. The zero-order valence-corrected chi connectivity index (χ0v) is 15.7. The van der Waals surface area contributed by atoms with Gasteiger partial charge in [0.1, 0.15) is 6.54 Å². The molecule has 2 aromatic rings. The van der Waals surface area contributed by atoms with Gasteiger partial charge in [-0.05, 0) is 25.1 Å². The predicted molar refractivity (Wildman–Crippen MR) is 104 cm³/mol. The summed E-state index contributed by atoms with van der Waals surface area (Å²) in [4.78, 5) is 1.51. The Morgan fingerprint density at radius 2 is 1.96 bits per heavy atom. The van der Waals surface area contributed by atoms with E-state index in [4.69, 9.17) is 16.3 Å². The fraction of sp³-hybridized carbons (Fsp3) is 0.350. The van der Waals surface area contributed by atoms with Crippen LogP contribution in [0.25, 0.3) is 0 Å². The molecule has 0 aliphatic carbocycles. The summed E-state index contributed by atoms with van der Waals surface area (Å²) < 4.78 is 5.41. The normalized spacial score (nSPS) is 15.5. The van der Waals surface area contributed by atoms with Crippen LogP contribution in [0.15, 0.2) is 47.6 Å². The fourth-order valence-corrected chi connectivity index (χ4v) is 3.28. The molecular weight excluding hydrogens is 350 g/mol. The summed E-state index contributed by atoms with van der Waals surface area (Å²) in [6, 6.07) is 13.5. The second kappa shape index (κ2) is 8.92. The van der Waals surface area contributed by atoms with Gasteiger partial charge in [-0.25, -0.2) is 0 Å². The van der Waals surface area contributed by atoms with Crippen LogP contribution in [0.3, 0.4) is 0 Å². The van der Waals surface area contributed by atoms with Gasteiger partial charge >= 0.3 is 0 Å². The molecular formula is C20H25ClN3O2+. The van der Waals surface area contributed by atoms with Crippen molar-refractivity contribution in [2.45, 2.75) is 13.5 Å². The van der Waals surface area contributed by atoms with Gasteiger partial charge in [-0.2, -0.15) is 5.10 Å². The minimum absolute atomic E-state index is 0.140. The molecule has 1 aliphatic heterocycles. The van der Waals surface area contributed by atoms with Crippen LogP contribution in [0, 0.1) is 0 Å². The number of ether oxygens (including phenoxy) is 1. The molecule has 26 heavy (non-hydrogen) atoms. The Morgan fingerprint density at radius 3 is 2.69 bits per heavy atom. The van der Waals surface area contributed by atoms with Crippen molar-refractivity contribution in [3.05, 3.63) is 58.6 Å². The number of piperazine rings is 1. The highest BCUT2D eigenvalue weighted by atomic mass is 35.5. The second-order valence-electron chi connectivity index (χ2n) is 6.34. The first-order chi connectivity index (χ1) is 12.7. The number of benzene rings is 2. The first-order valence-corrected chi connectivity index (χ1v) is 9.36. The number of quaternary nitrogens is 1. The van der Waals surface area contributed by atoms with Crippen molar-refractivity contribution in [1.82, 2.24) is 5.01 Å². The van der Waals surface area contributed by atoms with Gasteiger partial charge in [0, 0.05) is 16.1 Å². The number of phenolic OH excluding ortho intramolecular Hbond substituents is 1. The summed E-state index contributed by atoms with van der Waals surface area (Å²) in [5.74, 6) is 0.631. The van der Waals surface area contributed by atoms with Crippen LogP contribution < -0.4 is 9.64 Å². The molecule has 0 unspecified atom stereocenters. The molecule has 0 atom stereocenters. The summed E-state index contributed by atoms with van der Waals surface area (Å²) >= 11 is 6.26. The number of aromatic hydroxyl groups is 1. The minimum atomic E-state index is 0.140. The van der Waals surface area contributed by atoms with E-state index in [9.17, 15) is 5.11 Å². The van der Waals surface area contributed by atoms with Gasteiger partial charge < -0.3 is 14.7 Å². The maximum absolute atomic E-state index is 10.2. The molecule has 0 bridgehead atoms. The van der Waals surface area contributed by atoms with Crippen molar-refractivity contribution in [2.75, 3.05) is 32.8 Å². The largest absolute Gasteiger partial charge is 0.504 e. The molecule has 0 amide bonds. The van der Waals surface area contributed by atoms with E-state index in [-0.39, 0.29) is 5.75 Å². The molecule has 138 valence electrons. The Bertz CT molecular complexity index is 758. The van der Waals surface area contributed by atoms with Crippen molar-refractivity contribution in [2.24, 2.45) is 5.10 Å². The molecule has 1 aliphatic rings. The van der Waals surface area contributed by atoms with Crippen LogP contribution >= 0.6 is 11.6 Å². The fourth-order valence-electron chi connectivity index (χ4n) is 3.07. The summed E-state index contributed by atoms with van der Waals surface area (Å²) in [6.45, 7) is 7.12. The summed E-state index contributed by atoms with van der Waals surface area (Å²) in [7, 11) is 0. The number of para-hydroxylation sites is 1. The summed E-state index contributed by atoms with van der Waals surface area (Å²) in [5, 5.41) is 17.6. The molecule has 3 rings (SSSR count). The molecule has 2 N–H and O–H groups in total. The summed E-state index contributed by atoms with van der Waals surface area (Å²) in [6.07, 6.45) is 1.71. The van der Waals surface area contributed by atoms with E-state index in [0.717, 1.165) is 37.7 Å². The monoisotopic (exact) mass is 374 g/mol. The Balaban J connectivity index is 1.55. The first-order valence-electron chi connectivity index (χ1n) is 8.98. The van der Waals surface area contributed by atoms with Crippen LogP contribution in [-0.2, 0) is 6.54 Å². The maximum atomic E-state index is 10.2. The molecule has 5 nitrogen and oxygen atoms in total. The molecule has 0 spiro atoms. The van der Waals surface area contributed by atoms with E-state index in [1.807, 2.05) is 42.3 Å². The Kier molecular flexibility index (Phi) is 6.36. The maximum Gasteiger partial charge on any atom is 0.166 e. The molecule has 6 heteroatoms. The SMILES string of the molecule is CCOc1cccc(C=NN2CC[NH+](Cc3ccccc3Cl)CC2)c1O. The van der Waals surface area contributed by atoms with E-state index in [0.29, 0.717) is 17.9 Å². The van der Waals surface area contributed by atoms with Crippen molar-refractivity contribution >= 4 is 17.8 Å². The Labute approximate surface area is 159 Å². The number of rotatable bonds is 6. The third kappa shape index (κ3) is 4.68. The molecule has 0 saturated carbocycles. The zero-order chi connectivity index (χ0) is 18.4. The number of hydrogen-bond donors (Lipinski definition) is 2. The van der Waals surface area contributed by atoms with E-state index in [1.54, 1.807) is 12.3 Å². The van der Waals surface area contributed by atoms with Gasteiger partial charge in [0.2, 0.25) is 0 Å². The van der Waals surface area contributed by atoms with Gasteiger partial charge in [-0.1, -0.05) is 35.9 Å².